The van der Waals surface area contributed by atoms with Crippen LogP contribution in [0.15, 0.2) is 18.2 Å². The number of carbonyl (C=O) groups is 2. The molecule has 0 radical (unpaired) electrons. The number of hydrogen-bond acceptors (Lipinski definition) is 4. The van der Waals surface area contributed by atoms with Crippen molar-refractivity contribution in [1.82, 2.24) is 10.6 Å². The van der Waals surface area contributed by atoms with Crippen LogP contribution >= 0.6 is 0 Å². The van der Waals surface area contributed by atoms with Crippen LogP contribution in [0.1, 0.15) is 43.1 Å². The predicted octanol–water partition coefficient (Wildman–Crippen LogP) is 2.22. The van der Waals surface area contributed by atoms with Crippen LogP contribution in [0.25, 0.3) is 0 Å². The summed E-state index contributed by atoms with van der Waals surface area (Å²) in [5, 5.41) is 5.43. The van der Waals surface area contributed by atoms with E-state index in [2.05, 4.69) is 10.6 Å². The molecular weight excluding hydrogens is 282 g/mol. The standard InChI is InChI=1S/C16H25N3O3/c1-11-8-12(10-13(17)9-11)14(20)18-6-5-7-19-15(21)22-16(2,3)4/h8-10H,5-7,17H2,1-4H3,(H,18,20)(H,19,21). The molecule has 0 bridgehead atoms. The minimum atomic E-state index is -0.511. The number of alkyl carbamates (subject to hydrolysis) is 1. The van der Waals surface area contributed by atoms with Gasteiger partial charge in [-0.15, -0.1) is 0 Å². The van der Waals surface area contributed by atoms with Gasteiger partial charge in [0.05, 0.1) is 0 Å². The third-order valence-electron chi connectivity index (χ3n) is 2.67. The molecule has 1 aromatic carbocycles. The number of benzene rings is 1. The van der Waals surface area contributed by atoms with E-state index >= 15 is 0 Å². The summed E-state index contributed by atoms with van der Waals surface area (Å²) >= 11 is 0. The van der Waals surface area contributed by atoms with Gasteiger partial charge in [0.2, 0.25) is 0 Å². The molecule has 0 fully saturated rings. The number of amides is 2. The molecule has 0 aliphatic rings. The first-order valence-electron chi connectivity index (χ1n) is 7.29. The van der Waals surface area contributed by atoms with E-state index in [1.54, 1.807) is 32.9 Å². The number of ether oxygens (including phenoxy) is 1. The molecule has 6 heteroatoms. The van der Waals surface area contributed by atoms with Crippen molar-refractivity contribution in [2.24, 2.45) is 0 Å². The zero-order chi connectivity index (χ0) is 16.8. The number of nitrogens with one attached hydrogen (secondary N) is 2. The van der Waals surface area contributed by atoms with Gasteiger partial charge in [-0.25, -0.2) is 4.79 Å². The summed E-state index contributed by atoms with van der Waals surface area (Å²) in [5.41, 5.74) is 7.25. The molecule has 1 rings (SSSR count). The first-order valence-corrected chi connectivity index (χ1v) is 7.29. The fourth-order valence-corrected chi connectivity index (χ4v) is 1.84. The zero-order valence-corrected chi connectivity index (χ0v) is 13.7. The second-order valence-corrected chi connectivity index (χ2v) is 6.17. The van der Waals surface area contributed by atoms with Crippen molar-refractivity contribution in [2.75, 3.05) is 18.8 Å². The van der Waals surface area contributed by atoms with Crippen molar-refractivity contribution in [3.63, 3.8) is 0 Å². The fourth-order valence-electron chi connectivity index (χ4n) is 1.84. The summed E-state index contributed by atoms with van der Waals surface area (Å²) in [4.78, 5) is 23.4. The molecule has 0 spiro atoms. The Bertz CT molecular complexity index is 516. The van der Waals surface area contributed by atoms with Crippen molar-refractivity contribution in [3.05, 3.63) is 29.3 Å². The third-order valence-corrected chi connectivity index (χ3v) is 2.67. The molecule has 22 heavy (non-hydrogen) atoms. The molecule has 0 heterocycles. The average Bonchev–Trinajstić information content (AvgIpc) is 2.34. The van der Waals surface area contributed by atoms with Crippen LogP contribution in [0.5, 0.6) is 0 Å². The first-order chi connectivity index (χ1) is 10.2. The topological polar surface area (TPSA) is 93.5 Å². The molecule has 6 nitrogen and oxygen atoms in total. The Labute approximate surface area is 131 Å². The SMILES string of the molecule is Cc1cc(N)cc(C(=O)NCCCNC(=O)OC(C)(C)C)c1. The van der Waals surface area contributed by atoms with Gasteiger partial charge in [-0.05, 0) is 57.9 Å². The number of hydrogen-bond donors (Lipinski definition) is 3. The number of aryl methyl sites for hydroxylation is 1. The van der Waals surface area contributed by atoms with E-state index < -0.39 is 11.7 Å². The minimum absolute atomic E-state index is 0.173. The summed E-state index contributed by atoms with van der Waals surface area (Å²) < 4.78 is 5.11. The van der Waals surface area contributed by atoms with Crippen LogP contribution in [0.3, 0.4) is 0 Å². The van der Waals surface area contributed by atoms with E-state index in [0.29, 0.717) is 30.8 Å². The van der Waals surface area contributed by atoms with E-state index in [9.17, 15) is 9.59 Å². The molecule has 0 saturated heterocycles. The highest BCUT2D eigenvalue weighted by Crippen LogP contribution is 2.11. The molecule has 2 amide bonds. The maximum atomic E-state index is 12.0. The monoisotopic (exact) mass is 307 g/mol. The lowest BCUT2D eigenvalue weighted by atomic mass is 10.1. The lowest BCUT2D eigenvalue weighted by Gasteiger charge is -2.19. The average molecular weight is 307 g/mol. The van der Waals surface area contributed by atoms with Crippen molar-refractivity contribution in [2.45, 2.75) is 39.7 Å². The van der Waals surface area contributed by atoms with Crippen LogP contribution in [0, 0.1) is 6.92 Å². The number of nitrogens with two attached hydrogens (primary N) is 1. The van der Waals surface area contributed by atoms with Crippen molar-refractivity contribution >= 4 is 17.7 Å². The summed E-state index contributed by atoms with van der Waals surface area (Å²) in [6.45, 7) is 8.20. The Balaban J connectivity index is 2.27. The first kappa shape index (κ1) is 17.8. The highest BCUT2D eigenvalue weighted by Gasteiger charge is 2.15. The number of rotatable bonds is 5. The molecule has 0 aliphatic carbocycles. The van der Waals surface area contributed by atoms with E-state index in [4.69, 9.17) is 10.5 Å². The summed E-state index contributed by atoms with van der Waals surface area (Å²) in [6, 6.07) is 5.23. The van der Waals surface area contributed by atoms with Gasteiger partial charge in [0, 0.05) is 24.3 Å². The smallest absolute Gasteiger partial charge is 0.407 e. The molecule has 122 valence electrons. The minimum Gasteiger partial charge on any atom is -0.444 e. The maximum Gasteiger partial charge on any atom is 0.407 e. The number of carbonyl (C=O) groups excluding carboxylic acids is 2. The normalized spacial score (nSPS) is 10.9. The van der Waals surface area contributed by atoms with Crippen LogP contribution in [0.2, 0.25) is 0 Å². The molecular formula is C16H25N3O3. The Morgan fingerprint density at radius 1 is 1.14 bits per heavy atom. The van der Waals surface area contributed by atoms with Gasteiger partial charge in [-0.1, -0.05) is 0 Å². The van der Waals surface area contributed by atoms with Crippen LogP contribution in [-0.4, -0.2) is 30.7 Å². The van der Waals surface area contributed by atoms with Gasteiger partial charge in [0.1, 0.15) is 5.60 Å². The van der Waals surface area contributed by atoms with Crippen molar-refractivity contribution in [1.29, 1.82) is 0 Å². The Morgan fingerprint density at radius 2 is 1.77 bits per heavy atom. The second-order valence-electron chi connectivity index (χ2n) is 6.17. The fraction of sp³-hybridized carbons (Fsp3) is 0.500. The third kappa shape index (κ3) is 6.97. The summed E-state index contributed by atoms with van der Waals surface area (Å²) in [7, 11) is 0. The van der Waals surface area contributed by atoms with Crippen LogP contribution in [-0.2, 0) is 4.74 Å². The van der Waals surface area contributed by atoms with Gasteiger partial charge in [-0.2, -0.15) is 0 Å². The molecule has 0 unspecified atom stereocenters. The molecule has 0 atom stereocenters. The summed E-state index contributed by atoms with van der Waals surface area (Å²) in [6.07, 6.45) is 0.164. The lowest BCUT2D eigenvalue weighted by molar-refractivity contribution is 0.0527. The molecule has 1 aromatic rings. The van der Waals surface area contributed by atoms with Crippen LogP contribution < -0.4 is 16.4 Å². The molecule has 0 saturated carbocycles. The Morgan fingerprint density at radius 3 is 2.36 bits per heavy atom. The largest absolute Gasteiger partial charge is 0.444 e. The second kappa shape index (κ2) is 7.68. The highest BCUT2D eigenvalue weighted by molar-refractivity contribution is 5.95. The van der Waals surface area contributed by atoms with Gasteiger partial charge in [0.25, 0.3) is 5.91 Å². The van der Waals surface area contributed by atoms with E-state index in [-0.39, 0.29) is 5.91 Å². The maximum absolute atomic E-state index is 12.0. The number of anilines is 1. The zero-order valence-electron chi connectivity index (χ0n) is 13.7. The Hall–Kier alpha value is -2.24. The predicted molar refractivity (Wildman–Crippen MR) is 86.8 cm³/mol. The number of nitrogen functional groups attached to an aromatic ring is 1. The van der Waals surface area contributed by atoms with E-state index in [1.807, 2.05) is 13.0 Å². The van der Waals surface area contributed by atoms with Crippen LogP contribution in [0.4, 0.5) is 10.5 Å². The van der Waals surface area contributed by atoms with E-state index in [0.717, 1.165) is 5.56 Å². The molecule has 0 aliphatic heterocycles. The van der Waals surface area contributed by atoms with Crippen molar-refractivity contribution < 1.29 is 14.3 Å². The molecule has 0 aromatic heterocycles. The van der Waals surface area contributed by atoms with Gasteiger partial charge >= 0.3 is 6.09 Å². The highest BCUT2D eigenvalue weighted by atomic mass is 16.6. The van der Waals surface area contributed by atoms with Crippen molar-refractivity contribution in [3.8, 4) is 0 Å². The molecule has 4 N–H and O–H groups in total. The lowest BCUT2D eigenvalue weighted by Crippen LogP contribution is -2.34. The van der Waals surface area contributed by atoms with E-state index in [1.165, 1.54) is 0 Å². The van der Waals surface area contributed by atoms with Gasteiger partial charge < -0.3 is 21.1 Å². The Kier molecular flexibility index (Phi) is 6.22. The van der Waals surface area contributed by atoms with Gasteiger partial charge in [-0.3, -0.25) is 4.79 Å². The quantitative estimate of drug-likeness (QED) is 0.574. The van der Waals surface area contributed by atoms with Gasteiger partial charge in [0.15, 0.2) is 0 Å². The summed E-state index contributed by atoms with van der Waals surface area (Å²) in [5.74, 6) is -0.173.